The van der Waals surface area contributed by atoms with E-state index >= 15 is 0 Å². The number of carbonyl (C=O) groups excluding carboxylic acids is 1. The van der Waals surface area contributed by atoms with Crippen molar-refractivity contribution in [2.75, 3.05) is 10.6 Å². The molecule has 0 spiro atoms. The molecule has 184 valence electrons. The minimum absolute atomic E-state index is 0.0813. The summed E-state index contributed by atoms with van der Waals surface area (Å²) in [7, 11) is -3.56. The number of hydrogen-bond donors (Lipinski definition) is 1. The summed E-state index contributed by atoms with van der Waals surface area (Å²) in [5, 5.41) is 3.65. The normalized spacial score (nSPS) is 14.1. The maximum absolute atomic E-state index is 13.0. The molecule has 5 nitrogen and oxygen atoms in total. The van der Waals surface area contributed by atoms with Crippen LogP contribution in [0.25, 0.3) is 0 Å². The van der Waals surface area contributed by atoms with Crippen LogP contribution in [0.1, 0.15) is 64.8 Å². The molecular formula is C28H31ClN2O3S. The van der Waals surface area contributed by atoms with Crippen molar-refractivity contribution < 1.29 is 13.2 Å². The minimum Gasteiger partial charge on any atom is -0.345 e. The number of fused-ring (bicyclic) bond motifs is 1. The van der Waals surface area contributed by atoms with Crippen LogP contribution in [0.15, 0.2) is 66.7 Å². The number of anilines is 1. The van der Waals surface area contributed by atoms with E-state index in [1.807, 2.05) is 6.07 Å². The van der Waals surface area contributed by atoms with Crippen molar-refractivity contribution in [3.63, 3.8) is 0 Å². The lowest BCUT2D eigenvalue weighted by Gasteiger charge is -2.24. The Labute approximate surface area is 213 Å². The minimum atomic E-state index is -3.56. The van der Waals surface area contributed by atoms with Crippen molar-refractivity contribution in [2.45, 2.75) is 51.6 Å². The number of nitrogens with one attached hydrogen (secondary N) is 1. The molecule has 1 atom stereocenters. The largest absolute Gasteiger partial charge is 0.345 e. The Kier molecular flexibility index (Phi) is 7.82. The van der Waals surface area contributed by atoms with Gasteiger partial charge < -0.3 is 5.32 Å². The van der Waals surface area contributed by atoms with Crippen LogP contribution in [0, 0.1) is 0 Å². The first-order chi connectivity index (χ1) is 16.8. The van der Waals surface area contributed by atoms with Crippen molar-refractivity contribution >= 4 is 33.2 Å². The Morgan fingerprint density at radius 2 is 1.69 bits per heavy atom. The molecule has 0 bridgehead atoms. The van der Waals surface area contributed by atoms with Crippen LogP contribution in [-0.2, 0) is 29.4 Å². The van der Waals surface area contributed by atoms with Crippen molar-refractivity contribution in [3.05, 3.63) is 99.6 Å². The van der Waals surface area contributed by atoms with Gasteiger partial charge in [0.15, 0.2) is 0 Å². The van der Waals surface area contributed by atoms with Crippen LogP contribution < -0.4 is 9.62 Å². The fourth-order valence-corrected chi connectivity index (χ4v) is 5.67. The summed E-state index contributed by atoms with van der Waals surface area (Å²) >= 11 is 6.25. The number of rotatable bonds is 8. The van der Waals surface area contributed by atoms with E-state index < -0.39 is 10.0 Å². The highest BCUT2D eigenvalue weighted by Gasteiger charge is 2.21. The molecule has 0 heterocycles. The quantitative estimate of drug-likeness (QED) is 0.400. The predicted molar refractivity (Wildman–Crippen MR) is 143 cm³/mol. The average molecular weight is 511 g/mol. The van der Waals surface area contributed by atoms with E-state index in [0.717, 1.165) is 31.1 Å². The molecule has 1 amide bonds. The van der Waals surface area contributed by atoms with Gasteiger partial charge in [-0.25, -0.2) is 8.42 Å². The van der Waals surface area contributed by atoms with E-state index in [0.29, 0.717) is 21.8 Å². The molecule has 0 aliphatic heterocycles. The second-order valence-electron chi connectivity index (χ2n) is 9.08. The maximum atomic E-state index is 13.0. The summed E-state index contributed by atoms with van der Waals surface area (Å²) in [5.41, 5.74) is 5.61. The second-order valence-corrected chi connectivity index (χ2v) is 11.4. The number of sulfonamides is 1. The molecule has 3 aromatic rings. The van der Waals surface area contributed by atoms with Gasteiger partial charge in [0.1, 0.15) is 0 Å². The van der Waals surface area contributed by atoms with Crippen LogP contribution in [0.5, 0.6) is 0 Å². The zero-order valence-corrected chi connectivity index (χ0v) is 21.7. The summed E-state index contributed by atoms with van der Waals surface area (Å²) in [5.74, 6) is -0.182. The molecule has 1 N–H and O–H groups in total. The van der Waals surface area contributed by atoms with E-state index in [1.54, 1.807) is 42.5 Å². The zero-order valence-electron chi connectivity index (χ0n) is 20.1. The van der Waals surface area contributed by atoms with Crippen LogP contribution in [-0.4, -0.2) is 20.6 Å². The Bertz CT molecular complexity index is 1310. The molecular weight excluding hydrogens is 480 g/mol. The van der Waals surface area contributed by atoms with E-state index in [9.17, 15) is 13.2 Å². The van der Waals surface area contributed by atoms with Gasteiger partial charge in [-0.3, -0.25) is 9.10 Å². The lowest BCUT2D eigenvalue weighted by molar-refractivity contribution is 0.0935. The monoisotopic (exact) mass is 510 g/mol. The van der Waals surface area contributed by atoms with E-state index in [2.05, 4.69) is 30.4 Å². The predicted octanol–water partition coefficient (Wildman–Crippen LogP) is 6.07. The van der Waals surface area contributed by atoms with Crippen LogP contribution in [0.4, 0.5) is 5.69 Å². The van der Waals surface area contributed by atoms with Gasteiger partial charge in [-0.1, -0.05) is 54.9 Å². The van der Waals surface area contributed by atoms with E-state index in [-0.39, 0.29) is 18.5 Å². The molecule has 0 radical (unpaired) electrons. The molecule has 4 rings (SSSR count). The van der Waals surface area contributed by atoms with Crippen molar-refractivity contribution in [1.82, 2.24) is 5.32 Å². The number of aryl methyl sites for hydroxylation is 2. The molecule has 1 aliphatic carbocycles. The van der Waals surface area contributed by atoms with Gasteiger partial charge in [0.05, 0.1) is 24.5 Å². The number of amides is 1. The highest BCUT2D eigenvalue weighted by molar-refractivity contribution is 7.92. The molecule has 0 fully saturated rings. The van der Waals surface area contributed by atoms with Gasteiger partial charge >= 0.3 is 0 Å². The molecule has 3 aromatic carbocycles. The summed E-state index contributed by atoms with van der Waals surface area (Å²) < 4.78 is 26.3. The Hall–Kier alpha value is -2.83. The number of halogens is 1. The highest BCUT2D eigenvalue weighted by atomic mass is 35.5. The molecule has 1 aliphatic rings. The number of carbonyl (C=O) groups is 1. The smallest absolute Gasteiger partial charge is 0.251 e. The summed E-state index contributed by atoms with van der Waals surface area (Å²) in [6.45, 7) is 2.17. The summed E-state index contributed by atoms with van der Waals surface area (Å²) in [6, 6.07) is 20.3. The van der Waals surface area contributed by atoms with Gasteiger partial charge in [0, 0.05) is 10.6 Å². The molecule has 0 aromatic heterocycles. The molecule has 0 saturated carbocycles. The number of benzene rings is 3. The zero-order chi connectivity index (χ0) is 25.0. The van der Waals surface area contributed by atoms with Gasteiger partial charge in [0.25, 0.3) is 5.91 Å². The SMILES string of the molecule is CC[C@H](NC(=O)c1ccc(N(Cc2ccccc2Cl)S(C)(=O)=O)cc1)c1ccc2c(c1)CCCC2. The van der Waals surface area contributed by atoms with Crippen molar-refractivity contribution in [1.29, 1.82) is 0 Å². The first-order valence-corrected chi connectivity index (χ1v) is 14.2. The molecule has 7 heteroatoms. The third-order valence-electron chi connectivity index (χ3n) is 6.58. The first-order valence-electron chi connectivity index (χ1n) is 12.0. The van der Waals surface area contributed by atoms with E-state index in [1.165, 1.54) is 28.3 Å². The third-order valence-corrected chi connectivity index (χ3v) is 8.09. The van der Waals surface area contributed by atoms with Crippen molar-refractivity contribution in [3.8, 4) is 0 Å². The number of nitrogens with zero attached hydrogens (tertiary/aromatic N) is 1. The van der Waals surface area contributed by atoms with Gasteiger partial charge in [-0.05, 0) is 84.7 Å². The number of hydrogen-bond acceptors (Lipinski definition) is 3. The lowest BCUT2D eigenvalue weighted by atomic mass is 9.88. The highest BCUT2D eigenvalue weighted by Crippen LogP contribution is 2.27. The van der Waals surface area contributed by atoms with Crippen LogP contribution >= 0.6 is 11.6 Å². The first kappa shape index (κ1) is 25.3. The van der Waals surface area contributed by atoms with Crippen LogP contribution in [0.2, 0.25) is 5.02 Å². The fourth-order valence-electron chi connectivity index (χ4n) is 4.59. The molecule has 35 heavy (non-hydrogen) atoms. The Morgan fingerprint density at radius 1 is 1.00 bits per heavy atom. The topological polar surface area (TPSA) is 66.5 Å². The Balaban J connectivity index is 1.50. The van der Waals surface area contributed by atoms with Gasteiger partial charge in [-0.2, -0.15) is 0 Å². The van der Waals surface area contributed by atoms with Crippen LogP contribution in [0.3, 0.4) is 0 Å². The average Bonchev–Trinajstić information content (AvgIpc) is 2.86. The third kappa shape index (κ3) is 6.06. The summed E-state index contributed by atoms with van der Waals surface area (Å²) in [4.78, 5) is 13.0. The Morgan fingerprint density at radius 3 is 2.34 bits per heavy atom. The van der Waals surface area contributed by atoms with E-state index in [4.69, 9.17) is 11.6 Å². The standard InChI is InChI=1S/C28H31ClN2O3S/c1-3-27(23-13-12-20-8-4-5-9-22(20)18-23)30-28(32)21-14-16-25(17-15-21)31(35(2,33)34)19-24-10-6-7-11-26(24)29/h6-7,10-18,27H,3-5,8-9,19H2,1-2H3,(H,30,32)/t27-/m0/s1. The molecule has 0 saturated heterocycles. The van der Waals surface area contributed by atoms with Gasteiger partial charge in [0.2, 0.25) is 10.0 Å². The van der Waals surface area contributed by atoms with Gasteiger partial charge in [-0.15, -0.1) is 0 Å². The van der Waals surface area contributed by atoms with Crippen molar-refractivity contribution in [2.24, 2.45) is 0 Å². The second kappa shape index (κ2) is 10.8. The fraction of sp³-hybridized carbons (Fsp3) is 0.321. The molecule has 0 unspecified atom stereocenters. The lowest BCUT2D eigenvalue weighted by Crippen LogP contribution is -2.30. The summed E-state index contributed by atoms with van der Waals surface area (Å²) in [6.07, 6.45) is 6.63. The maximum Gasteiger partial charge on any atom is 0.251 e.